The van der Waals surface area contributed by atoms with Crippen LogP contribution in [-0.2, 0) is 4.79 Å². The molecule has 3 radical (unpaired) electrons. The van der Waals surface area contributed by atoms with Gasteiger partial charge in [0.05, 0.1) is 0 Å². The Morgan fingerprint density at radius 1 is 1.15 bits per heavy atom. The van der Waals surface area contributed by atoms with Crippen molar-refractivity contribution in [3.05, 3.63) is 36.4 Å². The Balaban J connectivity index is 0. The van der Waals surface area contributed by atoms with Crippen LogP contribution in [0.25, 0.3) is 0 Å². The molecule has 1 aromatic carbocycles. The molecule has 0 aliphatic carbocycles. The fourth-order valence-corrected chi connectivity index (χ4v) is 0.385. The van der Waals surface area contributed by atoms with Gasteiger partial charge in [-0.1, -0.05) is 36.4 Å². The Labute approximate surface area is 80.1 Å². The summed E-state index contributed by atoms with van der Waals surface area (Å²) in [5.74, 6) is -0.963. The number of carbonyl (C=O) groups is 1. The molecule has 0 aliphatic heterocycles. The predicted octanol–water partition coefficient (Wildman–Crippen LogP) is 0.724. The number of aliphatic carboxylic acids is 1. The van der Waals surface area contributed by atoms with Crippen LogP contribution in [0.15, 0.2) is 36.4 Å². The van der Waals surface area contributed by atoms with E-state index >= 15 is 0 Å². The van der Waals surface area contributed by atoms with Crippen LogP contribution in [0.3, 0.4) is 0 Å². The fraction of sp³-hybridized carbons (Fsp3) is 0.222. The van der Waals surface area contributed by atoms with Crippen molar-refractivity contribution < 1.29 is 9.90 Å². The maximum atomic E-state index is 9.57. The summed E-state index contributed by atoms with van der Waals surface area (Å²) >= 11 is 0. The van der Waals surface area contributed by atoms with E-state index in [1.165, 1.54) is 6.92 Å². The van der Waals surface area contributed by atoms with Crippen molar-refractivity contribution in [1.29, 1.82) is 0 Å². The van der Waals surface area contributed by atoms with Gasteiger partial charge in [-0.2, -0.15) is 0 Å². The first-order chi connectivity index (χ1) is 5.64. The summed E-state index contributed by atoms with van der Waals surface area (Å²) in [4.78, 5) is 9.57. The summed E-state index contributed by atoms with van der Waals surface area (Å²) in [5.41, 5.74) is 4.84. The lowest BCUT2D eigenvalue weighted by Gasteiger charge is -1.90. The Hall–Kier alpha value is -1.29. The second-order valence-corrected chi connectivity index (χ2v) is 2.28. The minimum absolute atomic E-state index is 0. The molecule has 1 unspecified atom stereocenters. The highest BCUT2D eigenvalue weighted by Crippen LogP contribution is 1.79. The normalized spacial score (nSPS) is 10.0. The van der Waals surface area contributed by atoms with Gasteiger partial charge >= 0.3 is 5.97 Å². The topological polar surface area (TPSA) is 63.3 Å². The van der Waals surface area contributed by atoms with Crippen LogP contribution in [-0.4, -0.2) is 25.5 Å². The van der Waals surface area contributed by atoms with E-state index in [0.717, 1.165) is 0 Å². The van der Waals surface area contributed by atoms with Crippen LogP contribution in [0.5, 0.6) is 0 Å². The molecule has 1 rings (SSSR count). The Morgan fingerprint density at radius 2 is 1.31 bits per heavy atom. The largest absolute Gasteiger partial charge is 0.480 e. The molecule has 3 N–H and O–H groups in total. The van der Waals surface area contributed by atoms with E-state index in [1.807, 2.05) is 36.4 Å². The summed E-state index contributed by atoms with van der Waals surface area (Å²) in [5, 5.41) is 7.87. The quantitative estimate of drug-likeness (QED) is 0.623. The highest BCUT2D eigenvalue weighted by atomic mass is 16.4. The van der Waals surface area contributed by atoms with E-state index in [2.05, 4.69) is 0 Å². The van der Waals surface area contributed by atoms with Gasteiger partial charge < -0.3 is 10.8 Å². The molecule has 0 saturated heterocycles. The third-order valence-corrected chi connectivity index (χ3v) is 1.06. The first kappa shape index (κ1) is 14.3. The van der Waals surface area contributed by atoms with Crippen molar-refractivity contribution in [1.82, 2.24) is 0 Å². The van der Waals surface area contributed by atoms with E-state index in [0.29, 0.717) is 0 Å². The molecule has 4 heteroatoms. The van der Waals surface area contributed by atoms with Crippen LogP contribution < -0.4 is 5.73 Å². The van der Waals surface area contributed by atoms with E-state index in [1.54, 1.807) is 0 Å². The summed E-state index contributed by atoms with van der Waals surface area (Å²) in [6.45, 7) is 1.42. The lowest BCUT2D eigenvalue weighted by molar-refractivity contribution is -0.138. The van der Waals surface area contributed by atoms with E-state index in [-0.39, 0.29) is 8.41 Å². The zero-order valence-corrected chi connectivity index (χ0v) is 7.55. The van der Waals surface area contributed by atoms with Crippen molar-refractivity contribution in [3.8, 4) is 0 Å². The van der Waals surface area contributed by atoms with Crippen LogP contribution in [0.4, 0.5) is 0 Å². The molecule has 0 amide bonds. The van der Waals surface area contributed by atoms with Gasteiger partial charge in [-0.05, 0) is 6.92 Å². The van der Waals surface area contributed by atoms with Gasteiger partial charge in [0.2, 0.25) is 0 Å². The Kier molecular flexibility index (Phi) is 9.66. The zero-order valence-electron chi connectivity index (χ0n) is 7.55. The number of nitrogens with two attached hydrogens (primary N) is 1. The van der Waals surface area contributed by atoms with Gasteiger partial charge in [0.15, 0.2) is 0 Å². The number of hydrogen-bond donors (Lipinski definition) is 2. The monoisotopic (exact) mass is 178 g/mol. The maximum Gasteiger partial charge on any atom is 0.320 e. The minimum atomic E-state index is -0.963. The summed E-state index contributed by atoms with van der Waals surface area (Å²) in [6.07, 6.45) is 0. The van der Waals surface area contributed by atoms with Crippen molar-refractivity contribution in [2.24, 2.45) is 5.73 Å². The van der Waals surface area contributed by atoms with Crippen molar-refractivity contribution in [2.75, 3.05) is 0 Å². The molecule has 0 fully saturated rings. The molecule has 3 nitrogen and oxygen atoms in total. The highest BCUT2D eigenvalue weighted by molar-refractivity contribution is 5.75. The average molecular weight is 178 g/mol. The van der Waals surface area contributed by atoms with Gasteiger partial charge in [-0.15, -0.1) is 0 Å². The standard InChI is InChI=1S/C6H6.C3H7NO2.B/c1-2-4-6-5-3-1;1-2(4)3(5)6;/h1-6H;2H,4H2,1H3,(H,5,6);. The van der Waals surface area contributed by atoms with E-state index in [4.69, 9.17) is 10.8 Å². The molecule has 0 bridgehead atoms. The molecule has 0 spiro atoms. The zero-order chi connectivity index (χ0) is 9.40. The molecule has 0 heterocycles. The molecular formula is C9H13BNO2. The second-order valence-electron chi connectivity index (χ2n) is 2.28. The number of carboxylic acid groups (broad SMARTS) is 1. The first-order valence-electron chi connectivity index (χ1n) is 3.63. The minimum Gasteiger partial charge on any atom is -0.480 e. The summed E-state index contributed by atoms with van der Waals surface area (Å²) in [6, 6.07) is 11.3. The molecule has 1 atom stereocenters. The molecule has 69 valence electrons. The second kappa shape index (κ2) is 8.81. The lowest BCUT2D eigenvalue weighted by atomic mass is 10.4. The number of rotatable bonds is 1. The predicted molar refractivity (Wildman–Crippen MR) is 53.5 cm³/mol. The highest BCUT2D eigenvalue weighted by Gasteiger charge is 1.99. The van der Waals surface area contributed by atoms with E-state index < -0.39 is 12.0 Å². The van der Waals surface area contributed by atoms with Gasteiger partial charge in [-0.25, -0.2) is 0 Å². The number of benzene rings is 1. The molecule has 13 heavy (non-hydrogen) atoms. The van der Waals surface area contributed by atoms with Crippen molar-refractivity contribution in [2.45, 2.75) is 13.0 Å². The third-order valence-electron chi connectivity index (χ3n) is 1.06. The van der Waals surface area contributed by atoms with Gasteiger partial charge in [0, 0.05) is 8.41 Å². The maximum absolute atomic E-state index is 9.57. The van der Waals surface area contributed by atoms with Crippen LogP contribution in [0.1, 0.15) is 6.92 Å². The Bertz CT molecular complexity index is 187. The molecule has 0 aliphatic rings. The SMILES string of the molecule is CC(N)C(=O)O.[B].c1ccccc1. The first-order valence-corrected chi connectivity index (χ1v) is 3.63. The fourth-order valence-electron chi connectivity index (χ4n) is 0.385. The summed E-state index contributed by atoms with van der Waals surface area (Å²) in [7, 11) is 0. The van der Waals surface area contributed by atoms with Crippen molar-refractivity contribution in [3.63, 3.8) is 0 Å². The van der Waals surface area contributed by atoms with Gasteiger partial charge in [0.25, 0.3) is 0 Å². The van der Waals surface area contributed by atoms with Gasteiger partial charge in [-0.3, -0.25) is 4.79 Å². The van der Waals surface area contributed by atoms with Crippen LogP contribution in [0.2, 0.25) is 0 Å². The molecule has 0 aromatic heterocycles. The van der Waals surface area contributed by atoms with Crippen molar-refractivity contribution >= 4 is 14.4 Å². The molecule has 0 saturated carbocycles. The van der Waals surface area contributed by atoms with Gasteiger partial charge in [0.1, 0.15) is 6.04 Å². The molecular weight excluding hydrogens is 165 g/mol. The average Bonchev–Trinajstić information content (AvgIpc) is 2.08. The third kappa shape index (κ3) is 10.7. The van der Waals surface area contributed by atoms with Crippen LogP contribution in [0, 0.1) is 0 Å². The smallest absolute Gasteiger partial charge is 0.320 e. The summed E-state index contributed by atoms with van der Waals surface area (Å²) < 4.78 is 0. The Morgan fingerprint density at radius 3 is 1.38 bits per heavy atom. The van der Waals surface area contributed by atoms with E-state index in [9.17, 15) is 4.79 Å². The number of hydrogen-bond acceptors (Lipinski definition) is 2. The number of carboxylic acids is 1. The lowest BCUT2D eigenvalue weighted by Crippen LogP contribution is -2.25. The van der Waals surface area contributed by atoms with Crippen LogP contribution >= 0.6 is 0 Å². The molecule has 1 aromatic rings.